The molecule has 0 heterocycles. The quantitative estimate of drug-likeness (QED) is 0.148. The van der Waals surface area contributed by atoms with Crippen molar-refractivity contribution in [3.05, 3.63) is 116 Å². The minimum absolute atomic E-state index is 0.104. The van der Waals surface area contributed by atoms with Gasteiger partial charge in [0, 0.05) is 28.6 Å². The van der Waals surface area contributed by atoms with Gasteiger partial charge >= 0.3 is 5.97 Å². The second-order valence-corrected chi connectivity index (χ2v) is 15.6. The lowest BCUT2D eigenvalue weighted by molar-refractivity contribution is -0.140. The molecular formula is C44H28O2. The summed E-state index contributed by atoms with van der Waals surface area (Å²) in [6.07, 6.45) is 12.2. The molecule has 14 rings (SSSR count). The number of benzene rings is 6. The van der Waals surface area contributed by atoms with E-state index in [0.717, 1.165) is 25.7 Å². The predicted molar refractivity (Wildman–Crippen MR) is 184 cm³/mol. The number of allylic oxidation sites excluding steroid dienone is 3. The van der Waals surface area contributed by atoms with Gasteiger partial charge in [0.15, 0.2) is 0 Å². The fourth-order valence-electron chi connectivity index (χ4n) is 13.6. The Balaban J connectivity index is 1.26. The third-order valence-electron chi connectivity index (χ3n) is 14.6. The molecule has 0 N–H and O–H groups in total. The van der Waals surface area contributed by atoms with E-state index < -0.39 is 0 Å². The van der Waals surface area contributed by atoms with Gasteiger partial charge in [-0.1, -0.05) is 73.7 Å². The van der Waals surface area contributed by atoms with Gasteiger partial charge in [0.2, 0.25) is 0 Å². The highest BCUT2D eigenvalue weighted by Gasteiger charge is 2.89. The third kappa shape index (κ3) is 1.74. The highest BCUT2D eigenvalue weighted by Crippen LogP contribution is 2.91. The van der Waals surface area contributed by atoms with Crippen molar-refractivity contribution < 1.29 is 9.53 Å². The summed E-state index contributed by atoms with van der Waals surface area (Å²) in [5.41, 5.74) is 19.6. The molecule has 6 aromatic carbocycles. The molecule has 1 spiro atoms. The molecule has 0 aliphatic heterocycles. The fourth-order valence-corrected chi connectivity index (χ4v) is 13.6. The summed E-state index contributed by atoms with van der Waals surface area (Å²) < 4.78 is 5.17. The lowest BCUT2D eigenvalue weighted by Crippen LogP contribution is -2.25. The molecule has 2 nitrogen and oxygen atoms in total. The molecule has 4 atom stereocenters. The van der Waals surface area contributed by atoms with Gasteiger partial charge in [0.1, 0.15) is 0 Å². The van der Waals surface area contributed by atoms with Crippen LogP contribution < -0.4 is 0 Å². The number of hydrogen-bond acceptors (Lipinski definition) is 2. The zero-order valence-electron chi connectivity index (χ0n) is 25.8. The Morgan fingerprint density at radius 1 is 0.804 bits per heavy atom. The maximum atomic E-state index is 12.6. The second kappa shape index (κ2) is 6.32. The van der Waals surface area contributed by atoms with Crippen LogP contribution >= 0.6 is 0 Å². The van der Waals surface area contributed by atoms with E-state index in [-0.39, 0.29) is 22.2 Å². The van der Waals surface area contributed by atoms with Crippen LogP contribution in [0.5, 0.6) is 0 Å². The minimum atomic E-state index is -0.168. The van der Waals surface area contributed by atoms with Gasteiger partial charge in [-0.3, -0.25) is 4.79 Å². The lowest BCUT2D eigenvalue weighted by atomic mass is 9.70. The number of rotatable bonds is 5. The first-order chi connectivity index (χ1) is 22.6. The second-order valence-electron chi connectivity index (χ2n) is 15.6. The van der Waals surface area contributed by atoms with Gasteiger partial charge in [0.25, 0.3) is 0 Å². The van der Waals surface area contributed by atoms with Crippen molar-refractivity contribution in [2.45, 2.75) is 55.8 Å². The molecule has 46 heavy (non-hydrogen) atoms. The summed E-state index contributed by atoms with van der Waals surface area (Å²) >= 11 is 0. The van der Waals surface area contributed by atoms with Crippen LogP contribution in [0, 0.1) is 5.41 Å². The SMILES string of the molecule is COC(=O)CCCC1(c2ccccc2)C23C=Cc4cc5c6c7c(cc8c9c7c7c%10c-9c(cc9c%10c(c%10c7c6c4C%1021)C(=C3)C9)[C@@H]8C)C5. The number of carbonyl (C=O) groups excluding carboxylic acids is 1. The standard InChI is InChI=1S/C44H28O2/c1-19-26-16-22-14-21-13-20-10-12-42-18-24-15-23-17-27(19)34-33(26)35-29(22)30(21)38-39-37(35)36(34)31(23)32(24)41(39)44(42,40(20)38)43(42,11-6-9-28(45)46-2)25-7-4-3-5-8-25/h3-5,7-8,10,12-13,16-19H,6,9,11,14-15H2,1-2H3/t19-,42?,43?,44?/m1/s1. The number of carbonyl (C=O) groups is 1. The van der Waals surface area contributed by atoms with Gasteiger partial charge in [-0.25, -0.2) is 0 Å². The molecule has 1 fully saturated rings. The van der Waals surface area contributed by atoms with E-state index in [1.54, 1.807) is 98.7 Å². The summed E-state index contributed by atoms with van der Waals surface area (Å²) in [4.78, 5) is 12.6. The Morgan fingerprint density at radius 3 is 2.33 bits per heavy atom. The molecule has 2 heteroatoms. The van der Waals surface area contributed by atoms with Crippen molar-refractivity contribution in [1.82, 2.24) is 0 Å². The highest BCUT2D eigenvalue weighted by atomic mass is 16.5. The normalized spacial score (nSPS) is 28.5. The van der Waals surface area contributed by atoms with Crippen LogP contribution in [0.15, 0.2) is 60.7 Å². The number of hydrogen-bond donors (Lipinski definition) is 0. The number of methoxy groups -OCH3 is 1. The maximum absolute atomic E-state index is 12.6. The first-order valence-electron chi connectivity index (χ1n) is 17.2. The van der Waals surface area contributed by atoms with E-state index in [9.17, 15) is 4.79 Å². The van der Waals surface area contributed by atoms with Gasteiger partial charge in [-0.15, -0.1) is 0 Å². The lowest BCUT2D eigenvalue weighted by Gasteiger charge is -2.31. The van der Waals surface area contributed by atoms with Crippen LogP contribution in [-0.4, -0.2) is 13.1 Å². The minimum Gasteiger partial charge on any atom is -0.469 e. The van der Waals surface area contributed by atoms with E-state index in [2.05, 4.69) is 73.7 Å². The van der Waals surface area contributed by atoms with E-state index in [1.807, 2.05) is 0 Å². The van der Waals surface area contributed by atoms with Crippen molar-refractivity contribution in [3.63, 3.8) is 0 Å². The van der Waals surface area contributed by atoms with Gasteiger partial charge in [-0.05, 0) is 141 Å². The molecule has 8 aliphatic carbocycles. The molecule has 3 unspecified atom stereocenters. The Morgan fingerprint density at radius 2 is 1.52 bits per heavy atom. The summed E-state index contributed by atoms with van der Waals surface area (Å²) in [6, 6.07) is 19.2. The van der Waals surface area contributed by atoms with E-state index >= 15 is 0 Å². The molecule has 0 aromatic heterocycles. The third-order valence-corrected chi connectivity index (χ3v) is 14.6. The predicted octanol–water partition coefficient (Wildman–Crippen LogP) is 9.51. The van der Waals surface area contributed by atoms with E-state index in [0.29, 0.717) is 12.3 Å². The van der Waals surface area contributed by atoms with Crippen LogP contribution in [-0.2, 0) is 33.2 Å². The first kappa shape index (κ1) is 22.8. The maximum Gasteiger partial charge on any atom is 0.305 e. The fraction of sp³-hybridized carbons (Fsp3) is 0.250. The summed E-state index contributed by atoms with van der Waals surface area (Å²) in [5.74, 6) is 0.350. The van der Waals surface area contributed by atoms with Crippen molar-refractivity contribution >= 4 is 60.7 Å². The summed E-state index contributed by atoms with van der Waals surface area (Å²) in [6.45, 7) is 2.46. The summed E-state index contributed by atoms with van der Waals surface area (Å²) in [5, 5.41) is 12.6. The van der Waals surface area contributed by atoms with Crippen LogP contribution in [0.1, 0.15) is 87.7 Å². The van der Waals surface area contributed by atoms with E-state index in [1.165, 1.54) is 23.8 Å². The molecule has 8 aliphatic rings. The molecular weight excluding hydrogens is 560 g/mol. The molecule has 0 radical (unpaired) electrons. The Hall–Kier alpha value is -4.69. The highest BCUT2D eigenvalue weighted by molar-refractivity contribution is 6.46. The zero-order valence-corrected chi connectivity index (χ0v) is 25.8. The first-order valence-corrected chi connectivity index (χ1v) is 17.2. The Labute approximate surface area is 265 Å². The average Bonchev–Trinajstić information content (AvgIpc) is 3.67. The van der Waals surface area contributed by atoms with Crippen LogP contribution in [0.4, 0.5) is 0 Å². The summed E-state index contributed by atoms with van der Waals surface area (Å²) in [7, 11) is 1.52. The van der Waals surface area contributed by atoms with Crippen molar-refractivity contribution in [1.29, 1.82) is 0 Å². The van der Waals surface area contributed by atoms with Gasteiger partial charge in [0.05, 0.1) is 7.11 Å². The average molecular weight is 589 g/mol. The largest absolute Gasteiger partial charge is 0.469 e. The van der Waals surface area contributed by atoms with Crippen LogP contribution in [0.3, 0.4) is 0 Å². The number of ether oxygens (including phenoxy) is 1. The van der Waals surface area contributed by atoms with Crippen LogP contribution in [0.2, 0.25) is 0 Å². The van der Waals surface area contributed by atoms with E-state index in [4.69, 9.17) is 4.74 Å². The molecule has 6 aromatic rings. The van der Waals surface area contributed by atoms with Gasteiger partial charge in [-0.2, -0.15) is 0 Å². The Bertz CT molecular complexity index is 2790. The van der Waals surface area contributed by atoms with Crippen molar-refractivity contribution in [2.75, 3.05) is 7.11 Å². The molecule has 0 bridgehead atoms. The van der Waals surface area contributed by atoms with Gasteiger partial charge < -0.3 is 4.74 Å². The molecule has 0 saturated heterocycles. The Kier molecular flexibility index (Phi) is 3.12. The smallest absolute Gasteiger partial charge is 0.305 e. The zero-order chi connectivity index (χ0) is 29.8. The monoisotopic (exact) mass is 588 g/mol. The van der Waals surface area contributed by atoms with Crippen LogP contribution in [0.25, 0.3) is 65.9 Å². The number of esters is 1. The topological polar surface area (TPSA) is 26.3 Å². The van der Waals surface area contributed by atoms with Crippen molar-refractivity contribution in [3.8, 4) is 11.1 Å². The van der Waals surface area contributed by atoms with Crippen molar-refractivity contribution in [2.24, 2.45) is 5.41 Å². The molecule has 216 valence electrons. The molecule has 0 amide bonds. The molecule has 1 saturated carbocycles.